The molecule has 2 heteroatoms. The Morgan fingerprint density at radius 3 is 2.53 bits per heavy atom. The number of nitrogens with one attached hydrogen (secondary N) is 1. The number of hydrogen-bond acceptors (Lipinski definition) is 2. The van der Waals surface area contributed by atoms with Gasteiger partial charge in [-0.15, -0.1) is 0 Å². The van der Waals surface area contributed by atoms with Crippen LogP contribution in [0.5, 0.6) is 0 Å². The van der Waals surface area contributed by atoms with Crippen molar-refractivity contribution in [3.05, 3.63) is 0 Å². The zero-order valence-electron chi connectivity index (χ0n) is 10.6. The second-order valence-electron chi connectivity index (χ2n) is 5.69. The van der Waals surface area contributed by atoms with Crippen molar-refractivity contribution in [3.8, 4) is 0 Å². The Bertz CT molecular complexity index is 207. The minimum atomic E-state index is 0.717. The van der Waals surface area contributed by atoms with Crippen molar-refractivity contribution in [1.82, 2.24) is 10.2 Å². The summed E-state index contributed by atoms with van der Waals surface area (Å²) in [5.41, 5.74) is 0.758. The van der Waals surface area contributed by atoms with Gasteiger partial charge >= 0.3 is 0 Å². The monoisotopic (exact) mass is 210 g/mol. The van der Waals surface area contributed by atoms with E-state index in [4.69, 9.17) is 0 Å². The summed E-state index contributed by atoms with van der Waals surface area (Å²) < 4.78 is 0. The van der Waals surface area contributed by atoms with Crippen LogP contribution in [0.1, 0.15) is 40.0 Å². The smallest absolute Gasteiger partial charge is 0.00385 e. The van der Waals surface area contributed by atoms with Crippen LogP contribution in [0.2, 0.25) is 0 Å². The van der Waals surface area contributed by atoms with Crippen LogP contribution in [0.3, 0.4) is 0 Å². The van der Waals surface area contributed by atoms with Crippen molar-refractivity contribution in [2.45, 2.75) is 46.1 Å². The molecule has 1 aliphatic carbocycles. The third-order valence-electron chi connectivity index (χ3n) is 4.55. The number of hydrogen-bond donors (Lipinski definition) is 1. The molecule has 0 bridgehead atoms. The van der Waals surface area contributed by atoms with Crippen molar-refractivity contribution in [1.29, 1.82) is 0 Å². The standard InChI is InChI=1S/C13H26N2/c1-4-15(11(2)3)10-12-9-13(12)5-7-14-8-6-13/h11-12,14H,4-10H2,1-3H3. The van der Waals surface area contributed by atoms with Gasteiger partial charge in [-0.1, -0.05) is 6.92 Å². The van der Waals surface area contributed by atoms with Gasteiger partial charge in [0, 0.05) is 12.6 Å². The molecule has 1 N–H and O–H groups in total. The fourth-order valence-corrected chi connectivity index (χ4v) is 3.22. The average Bonchev–Trinajstić information content (AvgIpc) is 2.88. The Kier molecular flexibility index (Phi) is 3.36. The predicted octanol–water partition coefficient (Wildman–Crippen LogP) is 2.11. The van der Waals surface area contributed by atoms with Gasteiger partial charge in [-0.25, -0.2) is 0 Å². The zero-order valence-corrected chi connectivity index (χ0v) is 10.6. The Hall–Kier alpha value is -0.0800. The van der Waals surface area contributed by atoms with E-state index in [1.807, 2.05) is 0 Å². The first-order valence-corrected chi connectivity index (χ1v) is 6.63. The van der Waals surface area contributed by atoms with Gasteiger partial charge in [-0.05, 0) is 64.1 Å². The maximum Gasteiger partial charge on any atom is 0.00385 e. The molecule has 2 nitrogen and oxygen atoms in total. The van der Waals surface area contributed by atoms with E-state index in [1.54, 1.807) is 0 Å². The van der Waals surface area contributed by atoms with E-state index >= 15 is 0 Å². The van der Waals surface area contributed by atoms with Gasteiger partial charge in [0.15, 0.2) is 0 Å². The molecular formula is C13H26N2. The number of rotatable bonds is 4. The normalized spacial score (nSPS) is 29.0. The van der Waals surface area contributed by atoms with Crippen LogP contribution in [-0.4, -0.2) is 37.1 Å². The van der Waals surface area contributed by atoms with Gasteiger partial charge in [0.1, 0.15) is 0 Å². The van der Waals surface area contributed by atoms with Crippen LogP contribution in [0.15, 0.2) is 0 Å². The zero-order chi connectivity index (χ0) is 10.9. The summed E-state index contributed by atoms with van der Waals surface area (Å²) in [6.07, 6.45) is 4.35. The molecule has 1 heterocycles. The fraction of sp³-hybridized carbons (Fsp3) is 1.00. The van der Waals surface area contributed by atoms with Crippen LogP contribution in [-0.2, 0) is 0 Å². The van der Waals surface area contributed by atoms with Crippen molar-refractivity contribution in [3.63, 3.8) is 0 Å². The van der Waals surface area contributed by atoms with Gasteiger partial charge in [0.05, 0.1) is 0 Å². The maximum absolute atomic E-state index is 3.48. The molecule has 2 rings (SSSR count). The van der Waals surface area contributed by atoms with Gasteiger partial charge in [0.2, 0.25) is 0 Å². The fourth-order valence-electron chi connectivity index (χ4n) is 3.22. The van der Waals surface area contributed by atoms with Crippen molar-refractivity contribution in [2.75, 3.05) is 26.2 Å². The van der Waals surface area contributed by atoms with E-state index in [0.717, 1.165) is 17.4 Å². The van der Waals surface area contributed by atoms with Crippen LogP contribution < -0.4 is 5.32 Å². The van der Waals surface area contributed by atoms with E-state index in [2.05, 4.69) is 31.0 Å². The van der Waals surface area contributed by atoms with Crippen LogP contribution in [0.4, 0.5) is 0 Å². The molecule has 0 radical (unpaired) electrons. The Labute approximate surface area is 94.4 Å². The van der Waals surface area contributed by atoms with E-state index in [0.29, 0.717) is 0 Å². The molecule has 0 aromatic heterocycles. The van der Waals surface area contributed by atoms with Gasteiger partial charge in [0.25, 0.3) is 0 Å². The lowest BCUT2D eigenvalue weighted by Crippen LogP contribution is -2.35. The summed E-state index contributed by atoms with van der Waals surface area (Å²) in [5.74, 6) is 1.00. The lowest BCUT2D eigenvalue weighted by Gasteiger charge is -2.28. The first-order valence-electron chi connectivity index (χ1n) is 6.63. The highest BCUT2D eigenvalue weighted by molar-refractivity contribution is 5.05. The summed E-state index contributed by atoms with van der Waals surface area (Å²) >= 11 is 0. The van der Waals surface area contributed by atoms with Crippen molar-refractivity contribution >= 4 is 0 Å². The molecule has 1 aliphatic heterocycles. The molecule has 1 saturated heterocycles. The SMILES string of the molecule is CCN(CC1CC12CCNCC2)C(C)C. The number of piperidine rings is 1. The molecule has 88 valence electrons. The van der Waals surface area contributed by atoms with Gasteiger partial charge in [-0.2, -0.15) is 0 Å². The highest BCUT2D eigenvalue weighted by Crippen LogP contribution is 2.58. The molecule has 1 unspecified atom stereocenters. The molecule has 0 aromatic carbocycles. The predicted molar refractivity (Wildman–Crippen MR) is 65.0 cm³/mol. The van der Waals surface area contributed by atoms with E-state index in [1.165, 1.54) is 45.4 Å². The third kappa shape index (κ3) is 2.36. The molecule has 0 aromatic rings. The molecule has 1 saturated carbocycles. The summed E-state index contributed by atoms with van der Waals surface area (Å²) in [4.78, 5) is 2.63. The Morgan fingerprint density at radius 1 is 1.33 bits per heavy atom. The Morgan fingerprint density at radius 2 is 2.00 bits per heavy atom. The van der Waals surface area contributed by atoms with E-state index < -0.39 is 0 Å². The minimum absolute atomic E-state index is 0.717. The molecular weight excluding hydrogens is 184 g/mol. The Balaban J connectivity index is 1.82. The van der Waals surface area contributed by atoms with Crippen LogP contribution in [0.25, 0.3) is 0 Å². The molecule has 1 atom stereocenters. The lowest BCUT2D eigenvalue weighted by atomic mass is 9.92. The summed E-state index contributed by atoms with van der Waals surface area (Å²) in [5, 5.41) is 3.48. The van der Waals surface area contributed by atoms with Crippen molar-refractivity contribution < 1.29 is 0 Å². The topological polar surface area (TPSA) is 15.3 Å². The second-order valence-corrected chi connectivity index (χ2v) is 5.69. The molecule has 15 heavy (non-hydrogen) atoms. The summed E-state index contributed by atoms with van der Waals surface area (Å²) in [6.45, 7) is 12.0. The van der Waals surface area contributed by atoms with Crippen LogP contribution >= 0.6 is 0 Å². The highest BCUT2D eigenvalue weighted by Gasteiger charge is 2.53. The van der Waals surface area contributed by atoms with Gasteiger partial charge in [-0.3, -0.25) is 0 Å². The lowest BCUT2D eigenvalue weighted by molar-refractivity contribution is 0.200. The van der Waals surface area contributed by atoms with E-state index in [-0.39, 0.29) is 0 Å². The van der Waals surface area contributed by atoms with E-state index in [9.17, 15) is 0 Å². The quantitative estimate of drug-likeness (QED) is 0.764. The largest absolute Gasteiger partial charge is 0.317 e. The third-order valence-corrected chi connectivity index (χ3v) is 4.55. The summed E-state index contributed by atoms with van der Waals surface area (Å²) in [6, 6.07) is 0.717. The molecule has 0 amide bonds. The van der Waals surface area contributed by atoms with Crippen LogP contribution in [0, 0.1) is 11.3 Å². The molecule has 2 aliphatic rings. The average molecular weight is 210 g/mol. The minimum Gasteiger partial charge on any atom is -0.317 e. The second kappa shape index (κ2) is 4.42. The first-order chi connectivity index (χ1) is 7.18. The summed E-state index contributed by atoms with van der Waals surface area (Å²) in [7, 11) is 0. The highest BCUT2D eigenvalue weighted by atomic mass is 15.1. The van der Waals surface area contributed by atoms with Crippen molar-refractivity contribution in [2.24, 2.45) is 11.3 Å². The molecule has 1 spiro atoms. The molecule has 2 fully saturated rings. The maximum atomic E-state index is 3.48. The first kappa shape index (κ1) is 11.4. The number of nitrogens with zero attached hydrogens (tertiary/aromatic N) is 1. The van der Waals surface area contributed by atoms with Gasteiger partial charge < -0.3 is 10.2 Å².